The number of hydrogen-bond acceptors (Lipinski definition) is 3. The maximum atomic E-state index is 14.9. The van der Waals surface area contributed by atoms with Crippen LogP contribution >= 0.6 is 7.37 Å². The fourth-order valence-electron chi connectivity index (χ4n) is 5.23. The highest BCUT2D eigenvalue weighted by Gasteiger charge is 2.43. The summed E-state index contributed by atoms with van der Waals surface area (Å²) in [5.41, 5.74) is 1.36. The van der Waals surface area contributed by atoms with Crippen molar-refractivity contribution in [3.8, 4) is 5.75 Å². The first-order chi connectivity index (χ1) is 15.2. The average molecular weight is 483 g/mol. The van der Waals surface area contributed by atoms with Gasteiger partial charge in [-0.05, 0) is 80.7 Å². The van der Waals surface area contributed by atoms with Crippen LogP contribution < -0.4 is 10.6 Å². The van der Waals surface area contributed by atoms with Crippen LogP contribution in [0.4, 0.5) is 13.2 Å². The largest absolute Gasteiger partial charge is 0.507 e. The SMILES string of the molecule is Cc1cc(C)c([P@@](=O)(O[C@@H]2C[C@H](C)CC[C@H]2C(C)C)c2cc(C(F)(F)F)ccc2O)c(C)c1. The maximum Gasteiger partial charge on any atom is 0.416 e. The van der Waals surface area contributed by atoms with Crippen LogP contribution in [0.3, 0.4) is 0 Å². The quantitative estimate of drug-likeness (QED) is 0.465. The van der Waals surface area contributed by atoms with E-state index in [1.807, 2.05) is 19.1 Å². The van der Waals surface area contributed by atoms with E-state index in [9.17, 15) is 22.8 Å². The highest BCUT2D eigenvalue weighted by Crippen LogP contribution is 2.54. The van der Waals surface area contributed by atoms with Crippen molar-refractivity contribution in [3.05, 3.63) is 52.6 Å². The predicted octanol–water partition coefficient (Wildman–Crippen LogP) is 7.04. The van der Waals surface area contributed by atoms with Gasteiger partial charge in [0.05, 0.1) is 17.0 Å². The molecule has 0 radical (unpaired) electrons. The molecule has 4 atom stereocenters. The Balaban J connectivity index is 2.26. The molecule has 2 aromatic carbocycles. The van der Waals surface area contributed by atoms with Crippen molar-refractivity contribution >= 4 is 18.0 Å². The zero-order valence-electron chi connectivity index (χ0n) is 20.2. The number of phenols is 1. The molecule has 3 rings (SSSR count). The molecule has 0 aliphatic heterocycles. The summed E-state index contributed by atoms with van der Waals surface area (Å²) in [4.78, 5) is 0. The van der Waals surface area contributed by atoms with E-state index in [2.05, 4.69) is 20.8 Å². The average Bonchev–Trinajstić information content (AvgIpc) is 2.66. The first-order valence-electron chi connectivity index (χ1n) is 11.5. The van der Waals surface area contributed by atoms with Crippen LogP contribution in [0, 0.1) is 38.5 Å². The zero-order chi connectivity index (χ0) is 24.7. The van der Waals surface area contributed by atoms with Gasteiger partial charge in [-0.15, -0.1) is 0 Å². The third kappa shape index (κ3) is 5.33. The molecule has 3 nitrogen and oxygen atoms in total. The smallest absolute Gasteiger partial charge is 0.416 e. The van der Waals surface area contributed by atoms with Crippen molar-refractivity contribution < 1.29 is 27.4 Å². The number of alkyl halides is 3. The summed E-state index contributed by atoms with van der Waals surface area (Å²) in [5.74, 6) is 0.309. The van der Waals surface area contributed by atoms with E-state index in [4.69, 9.17) is 4.52 Å². The third-order valence-corrected chi connectivity index (χ3v) is 9.65. The fraction of sp³-hybridized carbons (Fsp3) is 0.538. The standard InChI is InChI=1S/C26H34F3O3P/c1-15(2)21-9-7-16(3)13-23(21)32-33(31,25-18(5)11-17(4)12-19(25)6)24-14-20(26(27,28)29)8-10-22(24)30/h8,10-12,14-16,21,23,30H,7,9,13H2,1-6H3/t16-,21+,23-,33+/m1/s1. The van der Waals surface area contributed by atoms with Crippen LogP contribution in [0.2, 0.25) is 0 Å². The lowest BCUT2D eigenvalue weighted by molar-refractivity contribution is -0.137. The van der Waals surface area contributed by atoms with E-state index in [0.717, 1.165) is 36.6 Å². The number of halogens is 3. The van der Waals surface area contributed by atoms with Crippen LogP contribution in [-0.2, 0) is 15.3 Å². The molecule has 0 unspecified atom stereocenters. The minimum atomic E-state index is -4.63. The summed E-state index contributed by atoms with van der Waals surface area (Å²) in [6.45, 7) is 11.8. The van der Waals surface area contributed by atoms with E-state index in [1.54, 1.807) is 13.8 Å². The molecule has 182 valence electrons. The zero-order valence-corrected chi connectivity index (χ0v) is 21.1. The molecule has 1 aliphatic carbocycles. The Hall–Kier alpha value is -1.78. The molecule has 0 heterocycles. The molecule has 1 N–H and O–H groups in total. The van der Waals surface area contributed by atoms with Gasteiger partial charge in [0.15, 0.2) is 0 Å². The Morgan fingerprint density at radius 1 is 1.06 bits per heavy atom. The third-order valence-electron chi connectivity index (χ3n) is 6.79. The normalized spacial score (nSPS) is 23.5. The highest BCUT2D eigenvalue weighted by molar-refractivity contribution is 7.74. The first kappa shape index (κ1) is 25.8. The number of hydrogen-bond donors (Lipinski definition) is 1. The summed E-state index contributed by atoms with van der Waals surface area (Å²) < 4.78 is 62.0. The number of phenolic OH excluding ortho intramolecular Hbond substituents is 1. The minimum Gasteiger partial charge on any atom is -0.507 e. The minimum absolute atomic E-state index is 0.133. The Morgan fingerprint density at radius 2 is 1.67 bits per heavy atom. The lowest BCUT2D eigenvalue weighted by atomic mass is 9.75. The molecule has 0 spiro atoms. The monoisotopic (exact) mass is 482 g/mol. The second-order valence-corrected chi connectivity index (χ2v) is 12.2. The molecule has 0 bridgehead atoms. The van der Waals surface area contributed by atoms with E-state index in [-0.39, 0.29) is 23.2 Å². The van der Waals surface area contributed by atoms with Crippen LogP contribution in [-0.4, -0.2) is 11.2 Å². The lowest BCUT2D eigenvalue weighted by Gasteiger charge is -2.39. The Bertz CT molecular complexity index is 1040. The second-order valence-electron chi connectivity index (χ2n) is 9.97. The van der Waals surface area contributed by atoms with E-state index >= 15 is 0 Å². The van der Waals surface area contributed by atoms with Gasteiger partial charge in [0, 0.05) is 5.30 Å². The van der Waals surface area contributed by atoms with E-state index in [0.29, 0.717) is 28.8 Å². The molecule has 2 aromatic rings. The summed E-state index contributed by atoms with van der Waals surface area (Å²) in [7, 11) is -4.08. The lowest BCUT2D eigenvalue weighted by Crippen LogP contribution is -2.36. The van der Waals surface area contributed by atoms with Crippen molar-refractivity contribution in [2.45, 2.75) is 73.1 Å². The molecule has 0 aromatic heterocycles. The van der Waals surface area contributed by atoms with Gasteiger partial charge in [-0.1, -0.05) is 44.9 Å². The molecule has 7 heteroatoms. The van der Waals surface area contributed by atoms with Gasteiger partial charge in [-0.3, -0.25) is 4.57 Å². The van der Waals surface area contributed by atoms with Crippen LogP contribution in [0.25, 0.3) is 0 Å². The van der Waals surface area contributed by atoms with Gasteiger partial charge in [-0.25, -0.2) is 0 Å². The molecule has 33 heavy (non-hydrogen) atoms. The highest BCUT2D eigenvalue weighted by atomic mass is 31.2. The van der Waals surface area contributed by atoms with Crippen molar-refractivity contribution in [2.75, 3.05) is 0 Å². The first-order valence-corrected chi connectivity index (χ1v) is 13.1. The number of aryl methyl sites for hydroxylation is 3. The van der Waals surface area contributed by atoms with Crippen molar-refractivity contribution in [2.24, 2.45) is 17.8 Å². The maximum absolute atomic E-state index is 14.9. The summed E-state index contributed by atoms with van der Waals surface area (Å²) in [6, 6.07) is 6.28. The summed E-state index contributed by atoms with van der Waals surface area (Å²) in [6.07, 6.45) is -2.40. The van der Waals surface area contributed by atoms with Crippen LogP contribution in [0.5, 0.6) is 5.75 Å². The summed E-state index contributed by atoms with van der Waals surface area (Å²) in [5, 5.41) is 10.8. The van der Waals surface area contributed by atoms with Gasteiger partial charge in [0.1, 0.15) is 5.75 Å². The topological polar surface area (TPSA) is 46.5 Å². The molecular weight excluding hydrogens is 448 g/mol. The molecular formula is C26H34F3O3P. The number of rotatable bonds is 5. The molecule has 1 fully saturated rings. The van der Waals surface area contributed by atoms with Crippen molar-refractivity contribution in [3.63, 3.8) is 0 Å². The molecule has 1 saturated carbocycles. The number of benzene rings is 2. The van der Waals surface area contributed by atoms with Gasteiger partial charge < -0.3 is 9.63 Å². The van der Waals surface area contributed by atoms with Crippen molar-refractivity contribution in [1.29, 1.82) is 0 Å². The summed E-state index contributed by atoms with van der Waals surface area (Å²) >= 11 is 0. The van der Waals surface area contributed by atoms with Gasteiger partial charge in [-0.2, -0.15) is 13.2 Å². The van der Waals surface area contributed by atoms with E-state index < -0.39 is 24.9 Å². The van der Waals surface area contributed by atoms with Gasteiger partial charge in [0.2, 0.25) is 0 Å². The second kappa shape index (κ2) is 9.46. The Kier molecular flexibility index (Phi) is 7.41. The van der Waals surface area contributed by atoms with Crippen LogP contribution in [0.15, 0.2) is 30.3 Å². The molecule has 1 aliphatic rings. The van der Waals surface area contributed by atoms with E-state index in [1.165, 1.54) is 0 Å². The molecule has 0 amide bonds. The van der Waals surface area contributed by atoms with Gasteiger partial charge in [0.25, 0.3) is 7.37 Å². The van der Waals surface area contributed by atoms with Crippen LogP contribution in [0.1, 0.15) is 62.3 Å². The fourth-order valence-corrected chi connectivity index (χ4v) is 8.06. The van der Waals surface area contributed by atoms with Gasteiger partial charge >= 0.3 is 6.18 Å². The Labute approximate surface area is 194 Å². The predicted molar refractivity (Wildman–Crippen MR) is 127 cm³/mol. The Morgan fingerprint density at radius 3 is 2.21 bits per heavy atom. The van der Waals surface area contributed by atoms with Crippen molar-refractivity contribution in [1.82, 2.24) is 0 Å². The molecule has 0 saturated heterocycles. The number of aromatic hydroxyl groups is 1.